The minimum Gasteiger partial charge on any atom is -0.410 e. The minimum absolute atomic E-state index is 0.0674. The first-order valence-electron chi connectivity index (χ1n) is 5.13. The summed E-state index contributed by atoms with van der Waals surface area (Å²) >= 11 is 5.73. The molecule has 4 nitrogen and oxygen atoms in total. The fourth-order valence-corrected chi connectivity index (χ4v) is 1.75. The number of nitrogens with two attached hydrogens (primary N) is 1. The molecule has 0 saturated carbocycles. The lowest BCUT2D eigenvalue weighted by atomic mass is 10.3. The highest BCUT2D eigenvalue weighted by atomic mass is 35.5. The van der Waals surface area contributed by atoms with Crippen LogP contribution in [0.1, 0.15) is 6.42 Å². The summed E-state index contributed by atoms with van der Waals surface area (Å²) < 4.78 is 5.17. The van der Waals surface area contributed by atoms with Gasteiger partial charge in [-0.25, -0.2) is 4.79 Å². The summed E-state index contributed by atoms with van der Waals surface area (Å²) in [7, 11) is 0. The molecule has 1 atom stereocenters. The van der Waals surface area contributed by atoms with Crippen molar-refractivity contribution in [3.8, 4) is 5.75 Å². The molecule has 1 aromatic carbocycles. The first kappa shape index (κ1) is 11.2. The fraction of sp³-hybridized carbons (Fsp3) is 0.364. The van der Waals surface area contributed by atoms with E-state index in [-0.39, 0.29) is 12.1 Å². The van der Waals surface area contributed by atoms with Gasteiger partial charge in [-0.2, -0.15) is 0 Å². The monoisotopic (exact) mass is 240 g/mol. The molecule has 0 spiro atoms. The van der Waals surface area contributed by atoms with Crippen LogP contribution in [0.5, 0.6) is 5.75 Å². The Morgan fingerprint density at radius 3 is 2.69 bits per heavy atom. The van der Waals surface area contributed by atoms with E-state index in [1.807, 2.05) is 0 Å². The highest BCUT2D eigenvalue weighted by Crippen LogP contribution is 2.17. The lowest BCUT2D eigenvalue weighted by Crippen LogP contribution is -2.33. The normalized spacial score (nSPS) is 19.9. The third kappa shape index (κ3) is 2.65. The van der Waals surface area contributed by atoms with E-state index in [2.05, 4.69) is 0 Å². The van der Waals surface area contributed by atoms with Crippen molar-refractivity contribution in [3.05, 3.63) is 29.3 Å². The van der Waals surface area contributed by atoms with Gasteiger partial charge in [0.25, 0.3) is 0 Å². The average molecular weight is 241 g/mol. The van der Waals surface area contributed by atoms with E-state index in [0.29, 0.717) is 23.9 Å². The van der Waals surface area contributed by atoms with Crippen molar-refractivity contribution >= 4 is 17.7 Å². The van der Waals surface area contributed by atoms with E-state index < -0.39 is 0 Å². The molecule has 16 heavy (non-hydrogen) atoms. The maximum absolute atomic E-state index is 11.7. The molecule has 0 aliphatic carbocycles. The van der Waals surface area contributed by atoms with Gasteiger partial charge in [-0.3, -0.25) is 0 Å². The first-order valence-corrected chi connectivity index (χ1v) is 5.51. The average Bonchev–Trinajstić information content (AvgIpc) is 2.68. The number of rotatable bonds is 1. The quantitative estimate of drug-likeness (QED) is 0.815. The molecule has 2 rings (SSSR count). The lowest BCUT2D eigenvalue weighted by molar-refractivity contribution is 0.162. The Morgan fingerprint density at radius 2 is 2.12 bits per heavy atom. The van der Waals surface area contributed by atoms with Crippen molar-refractivity contribution < 1.29 is 9.53 Å². The van der Waals surface area contributed by atoms with Crippen molar-refractivity contribution in [1.29, 1.82) is 0 Å². The van der Waals surface area contributed by atoms with Crippen LogP contribution in [0.15, 0.2) is 24.3 Å². The molecular formula is C11H13ClN2O2. The van der Waals surface area contributed by atoms with E-state index in [0.717, 1.165) is 6.42 Å². The molecule has 1 saturated heterocycles. The maximum Gasteiger partial charge on any atom is 0.415 e. The highest BCUT2D eigenvalue weighted by molar-refractivity contribution is 6.30. The molecular weight excluding hydrogens is 228 g/mol. The van der Waals surface area contributed by atoms with Crippen LogP contribution in [0.4, 0.5) is 4.79 Å². The van der Waals surface area contributed by atoms with Gasteiger partial charge < -0.3 is 15.4 Å². The summed E-state index contributed by atoms with van der Waals surface area (Å²) in [6.45, 7) is 1.22. The molecule has 0 radical (unpaired) electrons. The molecule has 1 fully saturated rings. The minimum atomic E-state index is -0.352. The highest BCUT2D eigenvalue weighted by Gasteiger charge is 2.24. The van der Waals surface area contributed by atoms with Crippen LogP contribution in [-0.4, -0.2) is 30.1 Å². The van der Waals surface area contributed by atoms with Gasteiger partial charge in [0.1, 0.15) is 5.75 Å². The molecule has 1 heterocycles. The smallest absolute Gasteiger partial charge is 0.410 e. The number of halogens is 1. The van der Waals surface area contributed by atoms with Gasteiger partial charge >= 0.3 is 6.09 Å². The number of hydrogen-bond donors (Lipinski definition) is 1. The molecule has 1 amide bonds. The van der Waals surface area contributed by atoms with Gasteiger partial charge in [0, 0.05) is 24.2 Å². The number of ether oxygens (including phenoxy) is 1. The van der Waals surface area contributed by atoms with Crippen LogP contribution in [0, 0.1) is 0 Å². The third-order valence-electron chi connectivity index (χ3n) is 2.50. The Morgan fingerprint density at radius 1 is 1.44 bits per heavy atom. The zero-order chi connectivity index (χ0) is 11.5. The van der Waals surface area contributed by atoms with Crippen LogP contribution in [0.3, 0.4) is 0 Å². The number of nitrogens with zero attached hydrogens (tertiary/aromatic N) is 1. The second kappa shape index (κ2) is 4.72. The van der Waals surface area contributed by atoms with Crippen LogP contribution in [0.2, 0.25) is 5.02 Å². The fourth-order valence-electron chi connectivity index (χ4n) is 1.62. The van der Waals surface area contributed by atoms with Crippen LogP contribution in [-0.2, 0) is 0 Å². The number of amides is 1. The van der Waals surface area contributed by atoms with Crippen LogP contribution >= 0.6 is 11.6 Å². The van der Waals surface area contributed by atoms with E-state index in [1.165, 1.54) is 0 Å². The molecule has 1 aromatic rings. The summed E-state index contributed by atoms with van der Waals surface area (Å²) in [5.41, 5.74) is 5.71. The van der Waals surface area contributed by atoms with E-state index in [4.69, 9.17) is 22.1 Å². The maximum atomic E-state index is 11.7. The molecule has 0 aromatic heterocycles. The molecule has 1 aliphatic heterocycles. The van der Waals surface area contributed by atoms with Crippen molar-refractivity contribution in [3.63, 3.8) is 0 Å². The van der Waals surface area contributed by atoms with Gasteiger partial charge in [-0.15, -0.1) is 0 Å². The molecule has 5 heteroatoms. The standard InChI is InChI=1S/C11H13ClN2O2/c12-8-1-3-10(4-2-8)16-11(15)14-6-5-9(13)7-14/h1-4,9H,5-7,13H2. The molecule has 2 N–H and O–H groups in total. The van der Waals surface area contributed by atoms with Gasteiger partial charge in [0.2, 0.25) is 0 Å². The topological polar surface area (TPSA) is 55.6 Å². The number of benzene rings is 1. The summed E-state index contributed by atoms with van der Waals surface area (Å²) in [4.78, 5) is 13.3. The molecule has 0 bridgehead atoms. The van der Waals surface area contributed by atoms with Crippen molar-refractivity contribution in [2.75, 3.05) is 13.1 Å². The molecule has 1 unspecified atom stereocenters. The first-order chi connectivity index (χ1) is 7.65. The predicted octanol–water partition coefficient (Wildman–Crippen LogP) is 1.87. The molecule has 86 valence electrons. The number of carbonyl (C=O) groups is 1. The summed E-state index contributed by atoms with van der Waals surface area (Å²) in [5.74, 6) is 0.495. The molecule has 1 aliphatic rings. The Bertz CT molecular complexity index is 380. The van der Waals surface area contributed by atoms with E-state index in [1.54, 1.807) is 29.2 Å². The lowest BCUT2D eigenvalue weighted by Gasteiger charge is -2.15. The van der Waals surface area contributed by atoms with Gasteiger partial charge in [-0.05, 0) is 30.7 Å². The van der Waals surface area contributed by atoms with Gasteiger partial charge in [0.05, 0.1) is 0 Å². The van der Waals surface area contributed by atoms with Gasteiger partial charge in [-0.1, -0.05) is 11.6 Å². The summed E-state index contributed by atoms with van der Waals surface area (Å²) in [6, 6.07) is 6.75. The van der Waals surface area contributed by atoms with E-state index in [9.17, 15) is 4.79 Å². The largest absolute Gasteiger partial charge is 0.415 e. The Balaban J connectivity index is 1.94. The third-order valence-corrected chi connectivity index (χ3v) is 2.75. The SMILES string of the molecule is NC1CCN(C(=O)Oc2ccc(Cl)cc2)C1. The second-order valence-electron chi connectivity index (χ2n) is 3.82. The summed E-state index contributed by atoms with van der Waals surface area (Å²) in [6.07, 6.45) is 0.477. The van der Waals surface area contributed by atoms with Crippen LogP contribution < -0.4 is 10.5 Å². The second-order valence-corrected chi connectivity index (χ2v) is 4.25. The van der Waals surface area contributed by atoms with Crippen molar-refractivity contribution in [2.45, 2.75) is 12.5 Å². The van der Waals surface area contributed by atoms with Crippen LogP contribution in [0.25, 0.3) is 0 Å². The Labute approximate surface area is 98.9 Å². The Kier molecular flexibility index (Phi) is 3.31. The predicted molar refractivity (Wildman–Crippen MR) is 61.6 cm³/mol. The van der Waals surface area contributed by atoms with Crippen molar-refractivity contribution in [1.82, 2.24) is 4.90 Å². The summed E-state index contributed by atoms with van der Waals surface area (Å²) in [5, 5.41) is 0.614. The number of likely N-dealkylation sites (tertiary alicyclic amines) is 1. The van der Waals surface area contributed by atoms with Crippen molar-refractivity contribution in [2.24, 2.45) is 5.73 Å². The van der Waals surface area contributed by atoms with E-state index >= 15 is 0 Å². The Hall–Kier alpha value is -1.26. The number of carbonyl (C=O) groups excluding carboxylic acids is 1. The zero-order valence-electron chi connectivity index (χ0n) is 8.73. The van der Waals surface area contributed by atoms with Gasteiger partial charge in [0.15, 0.2) is 0 Å². The number of hydrogen-bond acceptors (Lipinski definition) is 3. The zero-order valence-corrected chi connectivity index (χ0v) is 9.48.